The van der Waals surface area contributed by atoms with Gasteiger partial charge < -0.3 is 10.2 Å². The second kappa shape index (κ2) is 6.24. The van der Waals surface area contributed by atoms with Crippen LogP contribution in [0.2, 0.25) is 0 Å². The number of aromatic nitrogens is 1. The highest BCUT2D eigenvalue weighted by Gasteiger charge is 2.31. The Labute approximate surface area is 124 Å². The van der Waals surface area contributed by atoms with E-state index in [2.05, 4.69) is 10.3 Å². The molecule has 1 N–H and O–H groups in total. The molecule has 1 saturated heterocycles. The second-order valence-corrected chi connectivity index (χ2v) is 5.96. The van der Waals surface area contributed by atoms with Crippen molar-refractivity contribution >= 4 is 17.5 Å². The molecule has 112 valence electrons. The lowest BCUT2D eigenvalue weighted by molar-refractivity contribution is -0.129. The summed E-state index contributed by atoms with van der Waals surface area (Å²) in [5, 5.41) is 2.92. The molecule has 1 saturated carbocycles. The number of nitrogens with zero attached hydrogens (tertiary/aromatic N) is 2. The SMILES string of the molecule is O=C(CC1CCC1)NC1CCCN(c2cccnc2)C1=O. The van der Waals surface area contributed by atoms with Crippen molar-refractivity contribution in [3.63, 3.8) is 0 Å². The number of nitrogens with one attached hydrogen (secondary N) is 1. The van der Waals surface area contributed by atoms with Crippen molar-refractivity contribution in [3.05, 3.63) is 24.5 Å². The molecular weight excluding hydrogens is 266 g/mol. The highest BCUT2D eigenvalue weighted by Crippen LogP contribution is 2.29. The Morgan fingerprint density at radius 2 is 2.19 bits per heavy atom. The fourth-order valence-electron chi connectivity index (χ4n) is 2.99. The number of amides is 2. The molecule has 0 aromatic carbocycles. The zero-order chi connectivity index (χ0) is 14.7. The standard InChI is InChI=1S/C16H21N3O2/c20-15(10-12-4-1-5-12)18-14-7-3-9-19(16(14)21)13-6-2-8-17-11-13/h2,6,8,11-12,14H,1,3-5,7,9-10H2,(H,18,20). The van der Waals surface area contributed by atoms with Crippen molar-refractivity contribution in [2.45, 2.75) is 44.6 Å². The van der Waals surface area contributed by atoms with Crippen molar-refractivity contribution < 1.29 is 9.59 Å². The van der Waals surface area contributed by atoms with Gasteiger partial charge in [-0.15, -0.1) is 0 Å². The Bertz CT molecular complexity index is 514. The lowest BCUT2D eigenvalue weighted by Crippen LogP contribution is -2.52. The van der Waals surface area contributed by atoms with Crippen LogP contribution in [0.3, 0.4) is 0 Å². The molecule has 1 aromatic heterocycles. The third-order valence-corrected chi connectivity index (χ3v) is 4.43. The van der Waals surface area contributed by atoms with E-state index < -0.39 is 0 Å². The number of carbonyl (C=O) groups is 2. The Morgan fingerprint density at radius 3 is 2.86 bits per heavy atom. The predicted molar refractivity (Wildman–Crippen MR) is 79.7 cm³/mol. The van der Waals surface area contributed by atoms with Crippen molar-refractivity contribution in [2.24, 2.45) is 5.92 Å². The smallest absolute Gasteiger partial charge is 0.249 e. The van der Waals surface area contributed by atoms with E-state index in [-0.39, 0.29) is 17.9 Å². The molecule has 5 heteroatoms. The number of rotatable bonds is 4. The molecule has 5 nitrogen and oxygen atoms in total. The quantitative estimate of drug-likeness (QED) is 0.919. The van der Waals surface area contributed by atoms with E-state index in [0.717, 1.165) is 31.4 Å². The van der Waals surface area contributed by atoms with E-state index in [9.17, 15) is 9.59 Å². The number of piperidine rings is 1. The number of pyridine rings is 1. The molecule has 2 heterocycles. The number of hydrogen-bond donors (Lipinski definition) is 1. The summed E-state index contributed by atoms with van der Waals surface area (Å²) in [6, 6.07) is 3.32. The predicted octanol–water partition coefficient (Wildman–Crippen LogP) is 1.88. The van der Waals surface area contributed by atoms with Crippen LogP contribution in [0.1, 0.15) is 38.5 Å². The van der Waals surface area contributed by atoms with Gasteiger partial charge in [-0.2, -0.15) is 0 Å². The monoisotopic (exact) mass is 287 g/mol. The van der Waals surface area contributed by atoms with Crippen LogP contribution < -0.4 is 10.2 Å². The highest BCUT2D eigenvalue weighted by atomic mass is 16.2. The van der Waals surface area contributed by atoms with Gasteiger partial charge in [0.05, 0.1) is 11.9 Å². The molecule has 1 aliphatic carbocycles. The Morgan fingerprint density at radius 1 is 1.33 bits per heavy atom. The second-order valence-electron chi connectivity index (χ2n) is 5.96. The van der Waals surface area contributed by atoms with Gasteiger partial charge in [0.25, 0.3) is 0 Å². The van der Waals surface area contributed by atoms with Crippen molar-refractivity contribution in [3.8, 4) is 0 Å². The minimum atomic E-state index is -0.383. The summed E-state index contributed by atoms with van der Waals surface area (Å²) in [7, 11) is 0. The van der Waals surface area contributed by atoms with Gasteiger partial charge in [0.15, 0.2) is 0 Å². The van der Waals surface area contributed by atoms with E-state index in [1.54, 1.807) is 17.3 Å². The first-order chi connectivity index (χ1) is 10.2. The zero-order valence-corrected chi connectivity index (χ0v) is 12.1. The van der Waals surface area contributed by atoms with E-state index in [1.807, 2.05) is 12.1 Å². The first kappa shape index (κ1) is 14.0. The van der Waals surface area contributed by atoms with Gasteiger partial charge in [-0.05, 0) is 43.7 Å². The molecule has 0 spiro atoms. The minimum absolute atomic E-state index is 0.0174. The minimum Gasteiger partial charge on any atom is -0.344 e. The largest absolute Gasteiger partial charge is 0.344 e. The van der Waals surface area contributed by atoms with Gasteiger partial charge in [0.1, 0.15) is 6.04 Å². The average Bonchev–Trinajstić information content (AvgIpc) is 2.46. The Hall–Kier alpha value is -1.91. The van der Waals surface area contributed by atoms with Gasteiger partial charge in [0.2, 0.25) is 11.8 Å². The molecule has 2 fully saturated rings. The van der Waals surface area contributed by atoms with Gasteiger partial charge in [0, 0.05) is 19.2 Å². The van der Waals surface area contributed by atoms with E-state index in [1.165, 1.54) is 6.42 Å². The summed E-state index contributed by atoms with van der Waals surface area (Å²) in [6.45, 7) is 0.694. The van der Waals surface area contributed by atoms with Crippen LogP contribution in [0, 0.1) is 5.92 Å². The maximum Gasteiger partial charge on any atom is 0.249 e. The van der Waals surface area contributed by atoms with Crippen LogP contribution in [-0.2, 0) is 9.59 Å². The summed E-state index contributed by atoms with van der Waals surface area (Å²) in [6.07, 6.45) is 9.10. The van der Waals surface area contributed by atoms with Gasteiger partial charge in [-0.1, -0.05) is 6.42 Å². The third kappa shape index (κ3) is 3.23. The lowest BCUT2D eigenvalue weighted by atomic mass is 9.83. The van der Waals surface area contributed by atoms with E-state index in [0.29, 0.717) is 18.9 Å². The van der Waals surface area contributed by atoms with Gasteiger partial charge >= 0.3 is 0 Å². The van der Waals surface area contributed by atoms with Crippen LogP contribution in [0.25, 0.3) is 0 Å². The van der Waals surface area contributed by atoms with Crippen molar-refractivity contribution in [2.75, 3.05) is 11.4 Å². The molecule has 1 unspecified atom stereocenters. The topological polar surface area (TPSA) is 62.3 Å². The summed E-state index contributed by atoms with van der Waals surface area (Å²) in [5.74, 6) is 0.528. The molecule has 1 aliphatic heterocycles. The van der Waals surface area contributed by atoms with E-state index >= 15 is 0 Å². The number of carbonyl (C=O) groups excluding carboxylic acids is 2. The van der Waals surface area contributed by atoms with Crippen LogP contribution in [0.15, 0.2) is 24.5 Å². The van der Waals surface area contributed by atoms with Crippen LogP contribution >= 0.6 is 0 Å². The van der Waals surface area contributed by atoms with Crippen LogP contribution in [-0.4, -0.2) is 29.4 Å². The van der Waals surface area contributed by atoms with Crippen molar-refractivity contribution in [1.29, 1.82) is 0 Å². The molecule has 2 aliphatic rings. The Kier molecular flexibility index (Phi) is 4.18. The maximum atomic E-state index is 12.5. The summed E-state index contributed by atoms with van der Waals surface area (Å²) >= 11 is 0. The average molecular weight is 287 g/mol. The summed E-state index contributed by atoms with van der Waals surface area (Å²) in [4.78, 5) is 30.3. The molecule has 21 heavy (non-hydrogen) atoms. The fraction of sp³-hybridized carbons (Fsp3) is 0.562. The van der Waals surface area contributed by atoms with Gasteiger partial charge in [-0.3, -0.25) is 14.6 Å². The zero-order valence-electron chi connectivity index (χ0n) is 12.1. The lowest BCUT2D eigenvalue weighted by Gasteiger charge is -2.33. The molecule has 1 atom stereocenters. The molecular formula is C16H21N3O2. The number of hydrogen-bond acceptors (Lipinski definition) is 3. The normalized spacial score (nSPS) is 22.8. The third-order valence-electron chi connectivity index (χ3n) is 4.43. The molecule has 2 amide bonds. The highest BCUT2D eigenvalue weighted by molar-refractivity contribution is 5.99. The molecule has 0 radical (unpaired) electrons. The molecule has 0 bridgehead atoms. The number of anilines is 1. The Balaban J connectivity index is 1.60. The van der Waals surface area contributed by atoms with Crippen LogP contribution in [0.4, 0.5) is 5.69 Å². The van der Waals surface area contributed by atoms with Crippen molar-refractivity contribution in [1.82, 2.24) is 10.3 Å². The molecule has 3 rings (SSSR count). The fourth-order valence-corrected chi connectivity index (χ4v) is 2.99. The van der Waals surface area contributed by atoms with E-state index in [4.69, 9.17) is 0 Å². The van der Waals surface area contributed by atoms with Crippen LogP contribution in [0.5, 0.6) is 0 Å². The maximum absolute atomic E-state index is 12.5. The molecule has 1 aromatic rings. The first-order valence-electron chi connectivity index (χ1n) is 7.75. The first-order valence-corrected chi connectivity index (χ1v) is 7.75. The summed E-state index contributed by atoms with van der Waals surface area (Å²) in [5.41, 5.74) is 0.806. The summed E-state index contributed by atoms with van der Waals surface area (Å²) < 4.78 is 0. The van der Waals surface area contributed by atoms with Gasteiger partial charge in [-0.25, -0.2) is 0 Å².